The van der Waals surface area contributed by atoms with Crippen molar-refractivity contribution in [3.05, 3.63) is 53.5 Å². The van der Waals surface area contributed by atoms with Crippen molar-refractivity contribution in [2.24, 2.45) is 0 Å². The minimum Gasteiger partial charge on any atom is -0.462 e. The Labute approximate surface area is 112 Å². The second kappa shape index (κ2) is 6.97. The Bertz CT molecular complexity index is 508. The van der Waals surface area contributed by atoms with E-state index in [4.69, 9.17) is 14.6 Å². The van der Waals surface area contributed by atoms with Crippen molar-refractivity contribution in [2.75, 3.05) is 11.9 Å². The van der Waals surface area contributed by atoms with Gasteiger partial charge in [0.2, 0.25) is 0 Å². The molecule has 102 valence electrons. The highest BCUT2D eigenvalue weighted by Crippen LogP contribution is 2.14. The van der Waals surface area contributed by atoms with Gasteiger partial charge < -0.3 is 19.9 Å². The molecule has 4 heteroatoms. The molecule has 0 aliphatic carbocycles. The van der Waals surface area contributed by atoms with Gasteiger partial charge in [-0.3, -0.25) is 0 Å². The van der Waals surface area contributed by atoms with E-state index in [2.05, 4.69) is 17.4 Å². The molecule has 0 atom stereocenters. The van der Waals surface area contributed by atoms with Crippen LogP contribution >= 0.6 is 0 Å². The van der Waals surface area contributed by atoms with Crippen LogP contribution < -0.4 is 5.32 Å². The summed E-state index contributed by atoms with van der Waals surface area (Å²) in [6.07, 6.45) is 1.66. The van der Waals surface area contributed by atoms with Crippen LogP contribution in [0.5, 0.6) is 0 Å². The number of aliphatic hydroxyl groups excluding tert-OH is 2. The summed E-state index contributed by atoms with van der Waals surface area (Å²) in [5.74, 6) is 1.37. The van der Waals surface area contributed by atoms with Crippen LogP contribution in [-0.2, 0) is 19.6 Å². The lowest BCUT2D eigenvalue weighted by molar-refractivity contribution is 0.244. The molecule has 2 aromatic rings. The van der Waals surface area contributed by atoms with Crippen LogP contribution in [0.3, 0.4) is 0 Å². The largest absolute Gasteiger partial charge is 0.462 e. The Balaban J connectivity index is 1.91. The van der Waals surface area contributed by atoms with E-state index in [0.717, 1.165) is 24.3 Å². The van der Waals surface area contributed by atoms with Crippen molar-refractivity contribution in [2.45, 2.75) is 26.0 Å². The van der Waals surface area contributed by atoms with E-state index < -0.39 is 0 Å². The number of benzene rings is 1. The average Bonchev–Trinajstić information content (AvgIpc) is 2.91. The molecule has 0 bridgehead atoms. The summed E-state index contributed by atoms with van der Waals surface area (Å²) in [6.45, 7) is 0.730. The van der Waals surface area contributed by atoms with Crippen molar-refractivity contribution >= 4 is 5.69 Å². The molecule has 0 aliphatic rings. The predicted molar refractivity (Wildman–Crippen MR) is 73.8 cm³/mol. The van der Waals surface area contributed by atoms with Crippen LogP contribution in [0.1, 0.15) is 23.5 Å². The lowest BCUT2D eigenvalue weighted by Gasteiger charge is -2.07. The first-order chi connectivity index (χ1) is 9.31. The molecule has 0 saturated heterocycles. The number of furan rings is 1. The second-order valence-corrected chi connectivity index (χ2v) is 4.41. The zero-order valence-corrected chi connectivity index (χ0v) is 10.8. The van der Waals surface area contributed by atoms with Gasteiger partial charge in [-0.25, -0.2) is 0 Å². The standard InChI is InChI=1S/C15H19NO3/c17-8-2-4-12-3-1-5-13(9-12)16-10-14-6-7-15(11-18)19-14/h1,3,5-7,9,16-18H,2,4,8,10-11H2. The fourth-order valence-corrected chi connectivity index (χ4v) is 1.91. The van der Waals surface area contributed by atoms with Crippen molar-refractivity contribution < 1.29 is 14.6 Å². The average molecular weight is 261 g/mol. The third-order valence-electron chi connectivity index (χ3n) is 2.89. The number of nitrogens with one attached hydrogen (secondary N) is 1. The first-order valence-corrected chi connectivity index (χ1v) is 6.44. The summed E-state index contributed by atoms with van der Waals surface area (Å²) in [4.78, 5) is 0. The predicted octanol–water partition coefficient (Wildman–Crippen LogP) is 2.31. The van der Waals surface area contributed by atoms with E-state index in [1.165, 1.54) is 5.56 Å². The minimum atomic E-state index is -0.0728. The van der Waals surface area contributed by atoms with Gasteiger partial charge in [0.1, 0.15) is 18.1 Å². The van der Waals surface area contributed by atoms with Crippen LogP contribution in [0.15, 0.2) is 40.8 Å². The van der Waals surface area contributed by atoms with Gasteiger partial charge in [0, 0.05) is 12.3 Å². The molecule has 0 saturated carbocycles. The number of rotatable bonds is 7. The quantitative estimate of drug-likeness (QED) is 0.715. The maximum absolute atomic E-state index is 8.92. The third-order valence-corrected chi connectivity index (χ3v) is 2.89. The fraction of sp³-hybridized carbons (Fsp3) is 0.333. The molecule has 4 nitrogen and oxygen atoms in total. The topological polar surface area (TPSA) is 65.6 Å². The Kier molecular flexibility index (Phi) is 5.01. The third kappa shape index (κ3) is 4.12. The van der Waals surface area contributed by atoms with Crippen LogP contribution in [-0.4, -0.2) is 16.8 Å². The summed E-state index contributed by atoms with van der Waals surface area (Å²) < 4.78 is 5.40. The smallest absolute Gasteiger partial charge is 0.129 e. The molecule has 1 aromatic carbocycles. The molecule has 0 radical (unpaired) electrons. The van der Waals surface area contributed by atoms with Crippen LogP contribution in [0.4, 0.5) is 5.69 Å². The van der Waals surface area contributed by atoms with Gasteiger partial charge in [-0.15, -0.1) is 0 Å². The molecule has 3 N–H and O–H groups in total. The monoisotopic (exact) mass is 261 g/mol. The molecular formula is C15H19NO3. The van der Waals surface area contributed by atoms with Gasteiger partial charge in [0.05, 0.1) is 6.54 Å². The Morgan fingerprint density at radius 2 is 1.89 bits per heavy atom. The van der Waals surface area contributed by atoms with E-state index in [0.29, 0.717) is 12.3 Å². The molecular weight excluding hydrogens is 242 g/mol. The fourth-order valence-electron chi connectivity index (χ4n) is 1.91. The Hall–Kier alpha value is -1.78. The first kappa shape index (κ1) is 13.6. The number of anilines is 1. The second-order valence-electron chi connectivity index (χ2n) is 4.41. The molecule has 0 amide bonds. The highest BCUT2D eigenvalue weighted by molar-refractivity contribution is 5.45. The maximum Gasteiger partial charge on any atom is 0.129 e. The van der Waals surface area contributed by atoms with Gasteiger partial charge in [-0.05, 0) is 42.7 Å². The molecule has 1 heterocycles. The number of hydrogen-bond acceptors (Lipinski definition) is 4. The molecule has 0 unspecified atom stereocenters. The zero-order chi connectivity index (χ0) is 13.5. The van der Waals surface area contributed by atoms with E-state index in [1.54, 1.807) is 6.07 Å². The van der Waals surface area contributed by atoms with Crippen molar-refractivity contribution in [1.82, 2.24) is 0 Å². The lowest BCUT2D eigenvalue weighted by atomic mass is 10.1. The summed E-state index contributed by atoms with van der Waals surface area (Å²) in [6, 6.07) is 11.8. The van der Waals surface area contributed by atoms with Gasteiger partial charge in [-0.2, -0.15) is 0 Å². The number of hydrogen-bond donors (Lipinski definition) is 3. The first-order valence-electron chi connectivity index (χ1n) is 6.44. The molecule has 2 rings (SSSR count). The van der Waals surface area contributed by atoms with Crippen LogP contribution in [0, 0.1) is 0 Å². The number of aryl methyl sites for hydroxylation is 1. The highest BCUT2D eigenvalue weighted by atomic mass is 16.4. The van der Waals surface area contributed by atoms with E-state index in [1.807, 2.05) is 18.2 Å². The maximum atomic E-state index is 8.92. The van der Waals surface area contributed by atoms with E-state index >= 15 is 0 Å². The lowest BCUT2D eigenvalue weighted by Crippen LogP contribution is -1.99. The molecule has 0 fully saturated rings. The van der Waals surface area contributed by atoms with Gasteiger partial charge in [-0.1, -0.05) is 12.1 Å². The van der Waals surface area contributed by atoms with Crippen LogP contribution in [0.25, 0.3) is 0 Å². The summed E-state index contributed by atoms with van der Waals surface area (Å²) in [5, 5.41) is 21.0. The molecule has 19 heavy (non-hydrogen) atoms. The van der Waals surface area contributed by atoms with Crippen molar-refractivity contribution in [3.8, 4) is 0 Å². The van der Waals surface area contributed by atoms with Gasteiger partial charge >= 0.3 is 0 Å². The number of aliphatic hydroxyl groups is 2. The van der Waals surface area contributed by atoms with Gasteiger partial charge in [0.15, 0.2) is 0 Å². The zero-order valence-electron chi connectivity index (χ0n) is 10.8. The SMILES string of the molecule is OCCCc1cccc(NCc2ccc(CO)o2)c1. The molecule has 0 aliphatic heterocycles. The normalized spacial score (nSPS) is 10.6. The highest BCUT2D eigenvalue weighted by Gasteiger charge is 2.01. The van der Waals surface area contributed by atoms with Gasteiger partial charge in [0.25, 0.3) is 0 Å². The molecule has 0 spiro atoms. The molecule has 1 aromatic heterocycles. The Morgan fingerprint density at radius 1 is 1.05 bits per heavy atom. The van der Waals surface area contributed by atoms with Crippen molar-refractivity contribution in [1.29, 1.82) is 0 Å². The summed E-state index contributed by atoms with van der Waals surface area (Å²) in [5.41, 5.74) is 2.23. The Morgan fingerprint density at radius 3 is 2.63 bits per heavy atom. The van der Waals surface area contributed by atoms with E-state index in [9.17, 15) is 0 Å². The summed E-state index contributed by atoms with van der Waals surface area (Å²) in [7, 11) is 0. The minimum absolute atomic E-state index is 0.0728. The van der Waals surface area contributed by atoms with E-state index in [-0.39, 0.29) is 13.2 Å². The van der Waals surface area contributed by atoms with Crippen LogP contribution in [0.2, 0.25) is 0 Å². The summed E-state index contributed by atoms with van der Waals surface area (Å²) >= 11 is 0. The van der Waals surface area contributed by atoms with Crippen molar-refractivity contribution in [3.63, 3.8) is 0 Å².